The topological polar surface area (TPSA) is 37.4 Å². The minimum atomic E-state index is -5.33. The van der Waals surface area contributed by atoms with E-state index >= 15 is 0 Å². The molecule has 1 unspecified atom stereocenters. The first-order chi connectivity index (χ1) is 12.4. The number of benzene rings is 2. The van der Waals surface area contributed by atoms with Crippen LogP contribution in [0.4, 0.5) is 26.3 Å². The molecule has 2 aromatic rings. The van der Waals surface area contributed by atoms with Gasteiger partial charge in [0, 0.05) is 0 Å². The zero-order valence-electron chi connectivity index (χ0n) is 13.7. The summed E-state index contributed by atoms with van der Waals surface area (Å²) in [5, 5.41) is 0. The first-order valence-corrected chi connectivity index (χ1v) is 7.68. The van der Waals surface area contributed by atoms with Crippen LogP contribution in [0, 0.1) is 0 Å². The minimum Gasteiger partial charge on any atom is -0.269 e. The number of imide groups is 1. The van der Waals surface area contributed by atoms with Gasteiger partial charge >= 0.3 is 12.4 Å². The second-order valence-corrected chi connectivity index (χ2v) is 5.97. The number of hydrogen-bond acceptors (Lipinski definition) is 2. The van der Waals surface area contributed by atoms with Gasteiger partial charge in [0.25, 0.3) is 11.8 Å². The van der Waals surface area contributed by atoms with Crippen molar-refractivity contribution in [3.05, 3.63) is 70.3 Å². The highest BCUT2D eigenvalue weighted by molar-refractivity contribution is 6.21. The Bertz CT molecular complexity index is 897. The molecule has 0 N–H and O–H groups in total. The summed E-state index contributed by atoms with van der Waals surface area (Å²) in [5.41, 5.74) is -4.57. The van der Waals surface area contributed by atoms with Gasteiger partial charge in [0.15, 0.2) is 0 Å². The molecule has 0 bridgehead atoms. The lowest BCUT2D eigenvalue weighted by molar-refractivity contribution is -0.162. The third-order valence-corrected chi connectivity index (χ3v) is 4.35. The Kier molecular flexibility index (Phi) is 4.28. The van der Waals surface area contributed by atoms with E-state index in [1.807, 2.05) is 0 Å². The van der Waals surface area contributed by atoms with Crippen molar-refractivity contribution in [3.63, 3.8) is 0 Å². The van der Waals surface area contributed by atoms with Gasteiger partial charge in [-0.25, -0.2) is 0 Å². The summed E-state index contributed by atoms with van der Waals surface area (Å²) in [7, 11) is 0. The van der Waals surface area contributed by atoms with Crippen LogP contribution in [0.5, 0.6) is 0 Å². The zero-order chi connectivity index (χ0) is 20.1. The van der Waals surface area contributed by atoms with E-state index in [1.165, 1.54) is 24.3 Å². The fourth-order valence-corrected chi connectivity index (χ4v) is 3.17. The van der Waals surface area contributed by atoms with E-state index in [-0.39, 0.29) is 11.1 Å². The standard InChI is InChI=1S/C18H11F6NO2/c1-9(25-15(26)11-5-2-3-6-12(11)16(25)27)10-7-4-8-13(17(19,20)21)14(10)18(22,23)24/h2-9H,1H3. The van der Waals surface area contributed by atoms with Gasteiger partial charge in [-0.2, -0.15) is 26.3 Å². The van der Waals surface area contributed by atoms with E-state index in [9.17, 15) is 35.9 Å². The lowest BCUT2D eigenvalue weighted by Crippen LogP contribution is -2.34. The fraction of sp³-hybridized carbons (Fsp3) is 0.222. The van der Waals surface area contributed by atoms with Gasteiger partial charge in [-0.15, -0.1) is 0 Å². The Balaban J connectivity index is 2.16. The second-order valence-electron chi connectivity index (χ2n) is 5.97. The van der Waals surface area contributed by atoms with E-state index < -0.39 is 46.9 Å². The van der Waals surface area contributed by atoms with Gasteiger partial charge in [0.2, 0.25) is 0 Å². The highest BCUT2D eigenvalue weighted by atomic mass is 19.4. The molecule has 1 aliphatic heterocycles. The molecule has 3 rings (SSSR count). The molecule has 0 aromatic heterocycles. The SMILES string of the molecule is CC(c1cccc(C(F)(F)F)c1C(F)(F)F)N1C(=O)c2ccccc2C1=O. The molecule has 2 aromatic carbocycles. The second kappa shape index (κ2) is 6.11. The Hall–Kier alpha value is -2.84. The van der Waals surface area contributed by atoms with Gasteiger partial charge in [-0.3, -0.25) is 14.5 Å². The summed E-state index contributed by atoms with van der Waals surface area (Å²) in [6.07, 6.45) is -10.6. The van der Waals surface area contributed by atoms with Crippen molar-refractivity contribution in [1.29, 1.82) is 0 Å². The Labute approximate surface area is 149 Å². The number of alkyl halides is 6. The molecule has 0 aliphatic carbocycles. The van der Waals surface area contributed by atoms with Crippen LogP contribution >= 0.6 is 0 Å². The average Bonchev–Trinajstić information content (AvgIpc) is 2.83. The third kappa shape index (κ3) is 3.07. The van der Waals surface area contributed by atoms with E-state index in [0.29, 0.717) is 11.0 Å². The molecule has 1 atom stereocenters. The molecule has 0 saturated heterocycles. The number of hydrogen-bond donors (Lipinski definition) is 0. The van der Waals surface area contributed by atoms with E-state index in [2.05, 4.69) is 0 Å². The number of halogens is 6. The van der Waals surface area contributed by atoms with Gasteiger partial charge in [-0.1, -0.05) is 24.3 Å². The maximum Gasteiger partial charge on any atom is 0.417 e. The van der Waals surface area contributed by atoms with E-state index in [0.717, 1.165) is 19.1 Å². The zero-order valence-corrected chi connectivity index (χ0v) is 13.7. The van der Waals surface area contributed by atoms with E-state index in [4.69, 9.17) is 0 Å². The number of carbonyl (C=O) groups is 2. The number of rotatable bonds is 2. The van der Waals surface area contributed by atoms with Crippen molar-refractivity contribution >= 4 is 11.8 Å². The predicted octanol–water partition coefficient (Wildman–Crippen LogP) is 5.08. The van der Waals surface area contributed by atoms with Gasteiger partial charge in [-0.05, 0) is 30.7 Å². The highest BCUT2D eigenvalue weighted by Gasteiger charge is 2.47. The Morgan fingerprint density at radius 1 is 0.778 bits per heavy atom. The van der Waals surface area contributed by atoms with Crippen molar-refractivity contribution in [1.82, 2.24) is 4.90 Å². The molecular formula is C18H11F6NO2. The molecule has 0 spiro atoms. The Morgan fingerprint density at radius 2 is 1.30 bits per heavy atom. The molecule has 9 heteroatoms. The first-order valence-electron chi connectivity index (χ1n) is 7.68. The van der Waals surface area contributed by atoms with Crippen LogP contribution in [-0.4, -0.2) is 16.7 Å². The summed E-state index contributed by atoms with van der Waals surface area (Å²) in [5.74, 6) is -1.71. The van der Waals surface area contributed by atoms with Gasteiger partial charge < -0.3 is 0 Å². The van der Waals surface area contributed by atoms with Gasteiger partial charge in [0.05, 0.1) is 28.3 Å². The number of carbonyl (C=O) groups excluding carboxylic acids is 2. The largest absolute Gasteiger partial charge is 0.417 e. The van der Waals surface area contributed by atoms with Gasteiger partial charge in [0.1, 0.15) is 0 Å². The number of fused-ring (bicyclic) bond motifs is 1. The first kappa shape index (κ1) is 18.9. The van der Waals surface area contributed by atoms with Crippen LogP contribution in [0.25, 0.3) is 0 Å². The van der Waals surface area contributed by atoms with Crippen LogP contribution in [-0.2, 0) is 12.4 Å². The molecule has 2 amide bonds. The molecule has 3 nitrogen and oxygen atoms in total. The van der Waals surface area contributed by atoms with Crippen molar-refractivity contribution in [2.45, 2.75) is 25.3 Å². The lowest BCUT2D eigenvalue weighted by atomic mass is 9.94. The highest BCUT2D eigenvalue weighted by Crippen LogP contribution is 2.45. The monoisotopic (exact) mass is 387 g/mol. The summed E-state index contributed by atoms with van der Waals surface area (Å²) in [6, 6.07) is 6.05. The molecule has 1 aliphatic rings. The van der Waals surface area contributed by atoms with Crippen LogP contribution in [0.3, 0.4) is 0 Å². The van der Waals surface area contributed by atoms with Crippen LogP contribution in [0.1, 0.15) is 50.4 Å². The maximum atomic E-state index is 13.5. The van der Waals surface area contributed by atoms with Crippen LogP contribution < -0.4 is 0 Å². The molecule has 0 fully saturated rings. The summed E-state index contributed by atoms with van der Waals surface area (Å²) >= 11 is 0. The summed E-state index contributed by atoms with van der Waals surface area (Å²) < 4.78 is 79.7. The maximum absolute atomic E-state index is 13.5. The normalized spacial score (nSPS) is 15.9. The average molecular weight is 387 g/mol. The van der Waals surface area contributed by atoms with Crippen LogP contribution in [0.2, 0.25) is 0 Å². The minimum absolute atomic E-state index is 0.00474. The molecule has 27 heavy (non-hydrogen) atoms. The molecule has 1 heterocycles. The third-order valence-electron chi connectivity index (χ3n) is 4.35. The quantitative estimate of drug-likeness (QED) is 0.532. The Morgan fingerprint density at radius 3 is 1.74 bits per heavy atom. The molecule has 0 radical (unpaired) electrons. The lowest BCUT2D eigenvalue weighted by Gasteiger charge is -2.27. The van der Waals surface area contributed by atoms with Crippen molar-refractivity contribution < 1.29 is 35.9 Å². The molecule has 142 valence electrons. The molecular weight excluding hydrogens is 376 g/mol. The van der Waals surface area contributed by atoms with E-state index in [1.54, 1.807) is 0 Å². The number of nitrogens with zero attached hydrogens (tertiary/aromatic N) is 1. The number of amides is 2. The molecule has 0 saturated carbocycles. The van der Waals surface area contributed by atoms with Crippen molar-refractivity contribution in [2.24, 2.45) is 0 Å². The fourth-order valence-electron chi connectivity index (χ4n) is 3.17. The predicted molar refractivity (Wildman–Crippen MR) is 81.8 cm³/mol. The summed E-state index contributed by atoms with van der Waals surface area (Å²) in [4.78, 5) is 25.5. The smallest absolute Gasteiger partial charge is 0.269 e. The van der Waals surface area contributed by atoms with Crippen molar-refractivity contribution in [2.75, 3.05) is 0 Å². The summed E-state index contributed by atoms with van der Waals surface area (Å²) in [6.45, 7) is 1.09. The van der Waals surface area contributed by atoms with Crippen molar-refractivity contribution in [3.8, 4) is 0 Å². The van der Waals surface area contributed by atoms with Crippen LogP contribution in [0.15, 0.2) is 42.5 Å².